The summed E-state index contributed by atoms with van der Waals surface area (Å²) in [4.78, 5) is 19.2. The van der Waals surface area contributed by atoms with Crippen LogP contribution in [0.4, 0.5) is 10.5 Å². The highest BCUT2D eigenvalue weighted by molar-refractivity contribution is 5.70. The largest absolute Gasteiger partial charge is 0.494 e. The molecular formula is C20H31N5O3. The lowest BCUT2D eigenvalue weighted by Crippen LogP contribution is -2.59. The monoisotopic (exact) mass is 389 g/mol. The highest BCUT2D eigenvalue weighted by Gasteiger charge is 2.40. The third kappa shape index (κ3) is 3.61. The number of anilines is 1. The lowest BCUT2D eigenvalue weighted by atomic mass is 9.97. The van der Waals surface area contributed by atoms with Gasteiger partial charge in [-0.2, -0.15) is 0 Å². The van der Waals surface area contributed by atoms with Gasteiger partial charge >= 0.3 is 6.09 Å². The van der Waals surface area contributed by atoms with E-state index < -0.39 is 5.60 Å². The predicted molar refractivity (Wildman–Crippen MR) is 109 cm³/mol. The Labute approximate surface area is 166 Å². The molecule has 3 heterocycles. The predicted octanol–water partition coefficient (Wildman–Crippen LogP) is 2.89. The molecule has 8 nitrogen and oxygen atoms in total. The lowest BCUT2D eigenvalue weighted by Gasteiger charge is -2.44. The van der Waals surface area contributed by atoms with E-state index in [0.717, 1.165) is 17.0 Å². The zero-order valence-corrected chi connectivity index (χ0v) is 17.7. The standard InChI is InChI=1S/C20H31N5O3/c1-11-10-24-15(23-11)8-14(27-7)16(21)18(24)17-13(3)25(12(2)9-22-17)19(26)28-20(4,5)6/h8,10,12-13,17,22H,9,21H2,1-7H3/t12-,13+,17?/m1/s1. The molecule has 154 valence electrons. The molecule has 3 N–H and O–H groups in total. The average Bonchev–Trinajstić information content (AvgIpc) is 2.93. The maximum Gasteiger partial charge on any atom is 0.410 e. The molecular weight excluding hydrogens is 358 g/mol. The van der Waals surface area contributed by atoms with Crippen LogP contribution in [-0.2, 0) is 4.74 Å². The molecule has 0 radical (unpaired) electrons. The second kappa shape index (κ2) is 7.16. The zero-order valence-electron chi connectivity index (χ0n) is 17.7. The molecule has 1 fully saturated rings. The van der Waals surface area contributed by atoms with Crippen LogP contribution in [0, 0.1) is 6.92 Å². The number of carbonyl (C=O) groups is 1. The molecule has 1 aliphatic heterocycles. The number of aromatic nitrogens is 2. The van der Waals surface area contributed by atoms with Gasteiger partial charge in [0.25, 0.3) is 0 Å². The number of imidazole rings is 1. The molecule has 1 saturated heterocycles. The molecule has 1 amide bonds. The molecule has 3 rings (SSSR count). The Bertz CT molecular complexity index is 886. The number of nitrogens with one attached hydrogen (secondary N) is 1. The van der Waals surface area contributed by atoms with Crippen molar-refractivity contribution in [3.05, 3.63) is 23.7 Å². The first-order chi connectivity index (χ1) is 13.0. The van der Waals surface area contributed by atoms with E-state index in [-0.39, 0.29) is 24.2 Å². The van der Waals surface area contributed by atoms with Crippen LogP contribution in [0.15, 0.2) is 12.3 Å². The SMILES string of the molecule is COc1cc2nc(C)cn2c(C2NC[C@@H](C)N(C(=O)OC(C)(C)C)[C@H]2C)c1N. The van der Waals surface area contributed by atoms with Crippen LogP contribution in [0.2, 0.25) is 0 Å². The molecule has 28 heavy (non-hydrogen) atoms. The van der Waals surface area contributed by atoms with Crippen LogP contribution >= 0.6 is 0 Å². The molecule has 1 aliphatic rings. The number of hydrogen-bond donors (Lipinski definition) is 2. The van der Waals surface area contributed by atoms with Gasteiger partial charge in [0.2, 0.25) is 0 Å². The van der Waals surface area contributed by atoms with Gasteiger partial charge in [-0.3, -0.25) is 9.30 Å². The summed E-state index contributed by atoms with van der Waals surface area (Å²) >= 11 is 0. The number of nitrogens with two attached hydrogens (primary N) is 1. The van der Waals surface area contributed by atoms with Crippen LogP contribution in [0.1, 0.15) is 52.0 Å². The Balaban J connectivity index is 2.06. The number of rotatable bonds is 2. The maximum absolute atomic E-state index is 12.9. The van der Waals surface area contributed by atoms with E-state index in [2.05, 4.69) is 10.3 Å². The van der Waals surface area contributed by atoms with Crippen molar-refractivity contribution in [3.63, 3.8) is 0 Å². The van der Waals surface area contributed by atoms with Gasteiger partial charge in [-0.05, 0) is 41.5 Å². The number of piperazine rings is 1. The first-order valence-electron chi connectivity index (χ1n) is 9.60. The van der Waals surface area contributed by atoms with Crippen molar-refractivity contribution in [2.24, 2.45) is 0 Å². The van der Waals surface area contributed by atoms with Gasteiger partial charge < -0.3 is 20.5 Å². The van der Waals surface area contributed by atoms with Crippen molar-refractivity contribution in [2.45, 2.75) is 65.3 Å². The number of aryl methyl sites for hydroxylation is 1. The summed E-state index contributed by atoms with van der Waals surface area (Å²) in [5, 5.41) is 3.54. The maximum atomic E-state index is 12.9. The number of hydrogen-bond acceptors (Lipinski definition) is 6. The van der Waals surface area contributed by atoms with E-state index >= 15 is 0 Å². The summed E-state index contributed by atoms with van der Waals surface area (Å²) < 4.78 is 13.1. The van der Waals surface area contributed by atoms with Gasteiger partial charge in [0.05, 0.1) is 36.3 Å². The highest BCUT2D eigenvalue weighted by Crippen LogP contribution is 2.36. The Kier molecular flexibility index (Phi) is 5.18. The molecule has 0 aromatic carbocycles. The molecule has 0 saturated carbocycles. The zero-order chi connectivity index (χ0) is 20.8. The minimum atomic E-state index is -0.555. The first-order valence-corrected chi connectivity index (χ1v) is 9.60. The normalized spacial score (nSPS) is 23.1. The van der Waals surface area contributed by atoms with Gasteiger partial charge in [0.1, 0.15) is 17.0 Å². The number of fused-ring (bicyclic) bond motifs is 1. The number of ether oxygens (including phenoxy) is 2. The summed E-state index contributed by atoms with van der Waals surface area (Å²) in [6, 6.07) is 1.44. The van der Waals surface area contributed by atoms with E-state index in [9.17, 15) is 4.79 Å². The Morgan fingerprint density at radius 3 is 2.64 bits per heavy atom. The summed E-state index contributed by atoms with van der Waals surface area (Å²) in [5.74, 6) is 0.574. The number of amides is 1. The van der Waals surface area contributed by atoms with E-state index in [1.807, 2.05) is 58.2 Å². The van der Waals surface area contributed by atoms with Gasteiger partial charge in [-0.25, -0.2) is 9.78 Å². The van der Waals surface area contributed by atoms with Gasteiger partial charge in [0.15, 0.2) is 0 Å². The van der Waals surface area contributed by atoms with Gasteiger partial charge in [-0.1, -0.05) is 0 Å². The van der Waals surface area contributed by atoms with Crippen molar-refractivity contribution >= 4 is 17.4 Å². The molecule has 0 bridgehead atoms. The average molecular weight is 390 g/mol. The van der Waals surface area contributed by atoms with Crippen LogP contribution in [0.5, 0.6) is 5.75 Å². The van der Waals surface area contributed by atoms with Crippen LogP contribution in [0.25, 0.3) is 5.65 Å². The first kappa shape index (κ1) is 20.3. The molecule has 0 aliphatic carbocycles. The quantitative estimate of drug-likeness (QED) is 0.820. The van der Waals surface area contributed by atoms with Crippen LogP contribution in [-0.4, -0.2) is 51.7 Å². The summed E-state index contributed by atoms with van der Waals surface area (Å²) in [5.41, 5.74) is 8.93. The lowest BCUT2D eigenvalue weighted by molar-refractivity contribution is -0.00507. The molecule has 0 spiro atoms. The molecule has 2 aromatic rings. The van der Waals surface area contributed by atoms with Gasteiger partial charge in [-0.15, -0.1) is 0 Å². The van der Waals surface area contributed by atoms with Crippen molar-refractivity contribution in [2.75, 3.05) is 19.4 Å². The molecule has 2 aromatic heterocycles. The molecule has 3 atom stereocenters. The second-order valence-corrected chi connectivity index (χ2v) is 8.49. The van der Waals surface area contributed by atoms with Crippen molar-refractivity contribution < 1.29 is 14.3 Å². The van der Waals surface area contributed by atoms with E-state index in [0.29, 0.717) is 18.0 Å². The highest BCUT2D eigenvalue weighted by atomic mass is 16.6. The van der Waals surface area contributed by atoms with Crippen molar-refractivity contribution in [1.82, 2.24) is 19.6 Å². The topological polar surface area (TPSA) is 94.1 Å². The number of methoxy groups -OCH3 is 1. The third-order valence-electron chi connectivity index (χ3n) is 5.06. The second-order valence-electron chi connectivity index (χ2n) is 8.49. The molecule has 1 unspecified atom stereocenters. The molecule has 8 heteroatoms. The van der Waals surface area contributed by atoms with Gasteiger partial charge in [0, 0.05) is 24.8 Å². The summed E-state index contributed by atoms with van der Waals surface area (Å²) in [6.45, 7) is 12.2. The smallest absolute Gasteiger partial charge is 0.410 e. The fourth-order valence-electron chi connectivity index (χ4n) is 3.86. The third-order valence-corrected chi connectivity index (χ3v) is 5.06. The Hall–Kier alpha value is -2.48. The Morgan fingerprint density at radius 1 is 1.36 bits per heavy atom. The summed E-state index contributed by atoms with van der Waals surface area (Å²) in [7, 11) is 1.59. The number of nitrogen functional groups attached to an aromatic ring is 1. The fourth-order valence-corrected chi connectivity index (χ4v) is 3.86. The van der Waals surface area contributed by atoms with Crippen LogP contribution in [0.3, 0.4) is 0 Å². The fraction of sp³-hybridized carbons (Fsp3) is 0.600. The number of pyridine rings is 1. The number of carbonyl (C=O) groups excluding carboxylic acids is 1. The van der Waals surface area contributed by atoms with E-state index in [1.165, 1.54) is 0 Å². The minimum Gasteiger partial charge on any atom is -0.494 e. The van der Waals surface area contributed by atoms with Crippen molar-refractivity contribution in [3.8, 4) is 5.75 Å². The minimum absolute atomic E-state index is 0.00653. The Morgan fingerprint density at radius 2 is 2.04 bits per heavy atom. The van der Waals surface area contributed by atoms with E-state index in [1.54, 1.807) is 12.0 Å². The summed E-state index contributed by atoms with van der Waals surface area (Å²) in [6.07, 6.45) is 1.63. The number of nitrogens with zero attached hydrogens (tertiary/aromatic N) is 3. The van der Waals surface area contributed by atoms with Crippen molar-refractivity contribution in [1.29, 1.82) is 0 Å². The van der Waals surface area contributed by atoms with Crippen LogP contribution < -0.4 is 15.8 Å². The van der Waals surface area contributed by atoms with E-state index in [4.69, 9.17) is 15.2 Å².